The maximum Gasteiger partial charge on any atom is 0.228 e. The first-order valence-corrected chi connectivity index (χ1v) is 6.98. The Morgan fingerprint density at radius 3 is 2.22 bits per heavy atom. The Bertz CT molecular complexity index is 422. The number of amides is 1. The maximum absolute atomic E-state index is 12.2. The van der Waals surface area contributed by atoms with Crippen LogP contribution in [0.15, 0.2) is 22.7 Å². The highest BCUT2D eigenvalue weighted by atomic mass is 79.9. The Labute approximate surface area is 117 Å². The predicted molar refractivity (Wildman–Crippen MR) is 80.4 cm³/mol. The van der Waals surface area contributed by atoms with Gasteiger partial charge in [-0.3, -0.25) is 4.79 Å². The number of carbonyl (C=O) groups is 1. The molecule has 1 aromatic carbocycles. The van der Waals surface area contributed by atoms with Crippen molar-refractivity contribution >= 4 is 33.2 Å². The van der Waals surface area contributed by atoms with Gasteiger partial charge in [-0.1, -0.05) is 27.7 Å². The number of anilines is 2. The second-order valence-corrected chi connectivity index (χ2v) is 6.09. The molecule has 0 unspecified atom stereocenters. The first kappa shape index (κ1) is 15.0. The number of hydrogen-bond acceptors (Lipinski definition) is 2. The molecule has 3 N–H and O–H groups in total. The summed E-state index contributed by atoms with van der Waals surface area (Å²) in [5.41, 5.74) is 7.16. The monoisotopic (exact) mass is 312 g/mol. The van der Waals surface area contributed by atoms with Crippen molar-refractivity contribution in [1.82, 2.24) is 0 Å². The van der Waals surface area contributed by atoms with E-state index in [0.29, 0.717) is 17.5 Å². The van der Waals surface area contributed by atoms with Gasteiger partial charge in [0.1, 0.15) is 0 Å². The second-order valence-electron chi connectivity index (χ2n) is 5.24. The van der Waals surface area contributed by atoms with Crippen LogP contribution in [0.25, 0.3) is 0 Å². The zero-order valence-electron chi connectivity index (χ0n) is 11.3. The fourth-order valence-electron chi connectivity index (χ4n) is 2.22. The van der Waals surface area contributed by atoms with Crippen molar-refractivity contribution in [2.24, 2.45) is 17.8 Å². The summed E-state index contributed by atoms with van der Waals surface area (Å²) in [6.07, 6.45) is 0. The van der Waals surface area contributed by atoms with Gasteiger partial charge in [-0.15, -0.1) is 0 Å². The summed E-state index contributed by atoms with van der Waals surface area (Å²) in [5, 5.41) is 2.93. The lowest BCUT2D eigenvalue weighted by Gasteiger charge is -2.23. The van der Waals surface area contributed by atoms with Crippen LogP contribution in [-0.4, -0.2) is 5.91 Å². The summed E-state index contributed by atoms with van der Waals surface area (Å²) in [4.78, 5) is 12.2. The standard InChI is InChI=1S/C14H21BrN2O/c1-8(2)13(9(3)4)14(18)17-10-5-6-11(15)12(16)7-10/h5-9,13H,16H2,1-4H3,(H,17,18). The molecule has 100 valence electrons. The molecule has 0 spiro atoms. The molecule has 0 bridgehead atoms. The van der Waals surface area contributed by atoms with E-state index in [0.717, 1.165) is 10.2 Å². The van der Waals surface area contributed by atoms with Crippen LogP contribution in [0, 0.1) is 17.8 Å². The molecule has 0 radical (unpaired) electrons. The molecule has 0 saturated heterocycles. The average molecular weight is 313 g/mol. The van der Waals surface area contributed by atoms with Crippen molar-refractivity contribution < 1.29 is 4.79 Å². The molecule has 0 aliphatic heterocycles. The van der Waals surface area contributed by atoms with Gasteiger partial charge in [0.15, 0.2) is 0 Å². The lowest BCUT2D eigenvalue weighted by molar-refractivity contribution is -0.122. The molecule has 0 saturated carbocycles. The van der Waals surface area contributed by atoms with Crippen LogP contribution in [0.2, 0.25) is 0 Å². The second kappa shape index (κ2) is 6.23. The van der Waals surface area contributed by atoms with E-state index in [-0.39, 0.29) is 11.8 Å². The van der Waals surface area contributed by atoms with Crippen LogP contribution >= 0.6 is 15.9 Å². The highest BCUT2D eigenvalue weighted by Crippen LogP contribution is 2.26. The van der Waals surface area contributed by atoms with Gasteiger partial charge >= 0.3 is 0 Å². The number of nitrogens with two attached hydrogens (primary N) is 1. The molecule has 0 heterocycles. The molecular formula is C14H21BrN2O. The molecular weight excluding hydrogens is 292 g/mol. The zero-order chi connectivity index (χ0) is 13.9. The Balaban J connectivity index is 2.82. The predicted octanol–water partition coefficient (Wildman–Crippen LogP) is 3.90. The SMILES string of the molecule is CC(C)C(C(=O)Nc1ccc(Br)c(N)c1)C(C)C. The fraction of sp³-hybridized carbons (Fsp3) is 0.500. The van der Waals surface area contributed by atoms with Crippen molar-refractivity contribution in [2.75, 3.05) is 11.1 Å². The summed E-state index contributed by atoms with van der Waals surface area (Å²) in [7, 11) is 0. The van der Waals surface area contributed by atoms with E-state index in [1.807, 2.05) is 12.1 Å². The first-order chi connectivity index (χ1) is 8.32. The van der Waals surface area contributed by atoms with Gasteiger partial charge in [0, 0.05) is 21.8 Å². The molecule has 1 amide bonds. The van der Waals surface area contributed by atoms with Crippen molar-refractivity contribution in [2.45, 2.75) is 27.7 Å². The summed E-state index contributed by atoms with van der Waals surface area (Å²) in [5.74, 6) is 0.701. The third kappa shape index (κ3) is 3.73. The minimum atomic E-state index is 0.00914. The fourth-order valence-corrected chi connectivity index (χ4v) is 2.47. The molecule has 1 rings (SSSR count). The molecule has 0 aromatic heterocycles. The van der Waals surface area contributed by atoms with Gasteiger partial charge in [-0.25, -0.2) is 0 Å². The van der Waals surface area contributed by atoms with Crippen molar-refractivity contribution in [3.8, 4) is 0 Å². The van der Waals surface area contributed by atoms with Gasteiger partial charge in [-0.2, -0.15) is 0 Å². The Morgan fingerprint density at radius 1 is 1.22 bits per heavy atom. The van der Waals surface area contributed by atoms with Gasteiger partial charge < -0.3 is 11.1 Å². The van der Waals surface area contributed by atoms with Crippen LogP contribution in [0.5, 0.6) is 0 Å². The number of carbonyl (C=O) groups excluding carboxylic acids is 1. The van der Waals surface area contributed by atoms with Crippen molar-refractivity contribution in [1.29, 1.82) is 0 Å². The molecule has 0 atom stereocenters. The summed E-state index contributed by atoms with van der Waals surface area (Å²) < 4.78 is 0.838. The average Bonchev–Trinajstić information content (AvgIpc) is 2.22. The molecule has 0 aliphatic carbocycles. The first-order valence-electron chi connectivity index (χ1n) is 6.18. The highest BCUT2D eigenvalue weighted by molar-refractivity contribution is 9.10. The van der Waals surface area contributed by atoms with E-state index in [4.69, 9.17) is 5.73 Å². The molecule has 4 heteroatoms. The largest absolute Gasteiger partial charge is 0.398 e. The summed E-state index contributed by atoms with van der Waals surface area (Å²) >= 11 is 3.33. The van der Waals surface area contributed by atoms with Gasteiger partial charge in [0.2, 0.25) is 5.91 Å². The van der Waals surface area contributed by atoms with Crippen molar-refractivity contribution in [3.63, 3.8) is 0 Å². The van der Waals surface area contributed by atoms with E-state index in [9.17, 15) is 4.79 Å². The normalized spacial score (nSPS) is 11.3. The van der Waals surface area contributed by atoms with Gasteiger partial charge in [0.25, 0.3) is 0 Å². The molecule has 3 nitrogen and oxygen atoms in total. The van der Waals surface area contributed by atoms with E-state index < -0.39 is 0 Å². The van der Waals surface area contributed by atoms with E-state index in [1.54, 1.807) is 6.07 Å². The Morgan fingerprint density at radius 2 is 1.78 bits per heavy atom. The van der Waals surface area contributed by atoms with Gasteiger partial charge in [0.05, 0.1) is 0 Å². The van der Waals surface area contributed by atoms with Crippen molar-refractivity contribution in [3.05, 3.63) is 22.7 Å². The summed E-state index contributed by atoms with van der Waals surface area (Å²) in [6, 6.07) is 5.44. The van der Waals surface area contributed by atoms with Crippen LogP contribution < -0.4 is 11.1 Å². The number of benzene rings is 1. The minimum absolute atomic E-state index is 0.00914. The number of rotatable bonds is 4. The molecule has 0 aliphatic rings. The van der Waals surface area contributed by atoms with Crippen LogP contribution in [0.3, 0.4) is 0 Å². The smallest absolute Gasteiger partial charge is 0.228 e. The zero-order valence-corrected chi connectivity index (χ0v) is 12.9. The lowest BCUT2D eigenvalue weighted by atomic mass is 9.85. The minimum Gasteiger partial charge on any atom is -0.398 e. The topological polar surface area (TPSA) is 55.1 Å². The van der Waals surface area contributed by atoms with E-state index in [1.165, 1.54) is 0 Å². The van der Waals surface area contributed by atoms with E-state index >= 15 is 0 Å². The van der Waals surface area contributed by atoms with Crippen LogP contribution in [0.1, 0.15) is 27.7 Å². The number of halogens is 1. The third-order valence-corrected chi connectivity index (χ3v) is 3.72. The molecule has 18 heavy (non-hydrogen) atoms. The quantitative estimate of drug-likeness (QED) is 0.828. The number of nitrogens with one attached hydrogen (secondary N) is 1. The van der Waals surface area contributed by atoms with E-state index in [2.05, 4.69) is 48.9 Å². The molecule has 1 aromatic rings. The van der Waals surface area contributed by atoms with Gasteiger partial charge in [-0.05, 0) is 46.0 Å². The third-order valence-electron chi connectivity index (χ3n) is 3.00. The number of hydrogen-bond donors (Lipinski definition) is 2. The Kier molecular flexibility index (Phi) is 5.20. The Hall–Kier alpha value is -1.03. The number of nitrogen functional groups attached to an aromatic ring is 1. The van der Waals surface area contributed by atoms with Crippen LogP contribution in [0.4, 0.5) is 11.4 Å². The van der Waals surface area contributed by atoms with Crippen LogP contribution in [-0.2, 0) is 4.79 Å². The summed E-state index contributed by atoms with van der Waals surface area (Å²) in [6.45, 7) is 8.28. The maximum atomic E-state index is 12.2. The lowest BCUT2D eigenvalue weighted by Crippen LogP contribution is -2.31. The molecule has 0 fully saturated rings. The highest BCUT2D eigenvalue weighted by Gasteiger charge is 2.25.